The summed E-state index contributed by atoms with van der Waals surface area (Å²) >= 11 is 0. The van der Waals surface area contributed by atoms with E-state index in [9.17, 15) is 5.26 Å². The van der Waals surface area contributed by atoms with E-state index in [0.717, 1.165) is 25.8 Å². The quantitative estimate of drug-likeness (QED) is 0.819. The molecule has 98 valence electrons. The molecule has 0 aromatic rings. The Hall–Kier alpha value is -0.590. The van der Waals surface area contributed by atoms with Crippen LogP contribution in [-0.2, 0) is 0 Å². The Morgan fingerprint density at radius 2 is 2.12 bits per heavy atom. The van der Waals surface area contributed by atoms with Gasteiger partial charge in [-0.2, -0.15) is 5.26 Å². The maximum atomic E-state index is 9.34. The summed E-state index contributed by atoms with van der Waals surface area (Å²) < 4.78 is 0. The highest BCUT2D eigenvalue weighted by Gasteiger charge is 2.37. The van der Waals surface area contributed by atoms with Gasteiger partial charge in [-0.05, 0) is 45.2 Å². The van der Waals surface area contributed by atoms with E-state index >= 15 is 0 Å². The van der Waals surface area contributed by atoms with Crippen LogP contribution >= 0.6 is 0 Å². The van der Waals surface area contributed by atoms with Crippen LogP contribution < -0.4 is 5.32 Å². The largest absolute Gasteiger partial charge is 0.303 e. The van der Waals surface area contributed by atoms with Gasteiger partial charge in [0.25, 0.3) is 0 Å². The van der Waals surface area contributed by atoms with Crippen LogP contribution in [0.15, 0.2) is 0 Å². The first-order chi connectivity index (χ1) is 7.82. The molecule has 0 aromatic heterocycles. The van der Waals surface area contributed by atoms with Gasteiger partial charge in [-0.25, -0.2) is 0 Å². The lowest BCUT2D eigenvalue weighted by atomic mass is 9.79. The van der Waals surface area contributed by atoms with Crippen molar-refractivity contribution in [2.75, 3.05) is 20.6 Å². The number of hydrogen-bond acceptors (Lipinski definition) is 3. The fourth-order valence-corrected chi connectivity index (χ4v) is 2.88. The first-order valence-electron chi connectivity index (χ1n) is 6.62. The zero-order valence-electron chi connectivity index (χ0n) is 12.0. The Balaban J connectivity index is 2.64. The molecule has 3 heteroatoms. The lowest BCUT2D eigenvalue weighted by Crippen LogP contribution is -2.51. The maximum absolute atomic E-state index is 9.34. The molecule has 1 aliphatic rings. The molecular weight excluding hydrogens is 210 g/mol. The van der Waals surface area contributed by atoms with Crippen LogP contribution in [0.4, 0.5) is 0 Å². The molecule has 0 aromatic carbocycles. The summed E-state index contributed by atoms with van der Waals surface area (Å²) in [7, 11) is 4.11. The van der Waals surface area contributed by atoms with Gasteiger partial charge in [-0.3, -0.25) is 0 Å². The van der Waals surface area contributed by atoms with Crippen molar-refractivity contribution in [3.63, 3.8) is 0 Å². The number of nitrogens with zero attached hydrogens (tertiary/aromatic N) is 2. The lowest BCUT2D eigenvalue weighted by molar-refractivity contribution is 0.114. The van der Waals surface area contributed by atoms with Gasteiger partial charge in [-0.15, -0.1) is 0 Å². The van der Waals surface area contributed by atoms with Crippen molar-refractivity contribution in [1.82, 2.24) is 10.2 Å². The molecular formula is C14H27N3. The molecule has 2 atom stereocenters. The van der Waals surface area contributed by atoms with Gasteiger partial charge in [0.2, 0.25) is 0 Å². The van der Waals surface area contributed by atoms with E-state index in [1.54, 1.807) is 0 Å². The van der Waals surface area contributed by atoms with Crippen molar-refractivity contribution in [1.29, 1.82) is 5.26 Å². The molecule has 1 N–H and O–H groups in total. The minimum Gasteiger partial charge on any atom is -0.303 e. The molecule has 0 amide bonds. The molecule has 1 aliphatic carbocycles. The number of nitriles is 1. The Kier molecular flexibility index (Phi) is 4.57. The van der Waals surface area contributed by atoms with Gasteiger partial charge < -0.3 is 10.2 Å². The van der Waals surface area contributed by atoms with Gasteiger partial charge in [-0.1, -0.05) is 20.8 Å². The summed E-state index contributed by atoms with van der Waals surface area (Å²) in [4.78, 5) is 2.43. The van der Waals surface area contributed by atoms with E-state index < -0.39 is 0 Å². The van der Waals surface area contributed by atoms with Crippen LogP contribution in [0.5, 0.6) is 0 Å². The van der Waals surface area contributed by atoms with Crippen molar-refractivity contribution in [2.24, 2.45) is 5.41 Å². The second-order valence-corrected chi connectivity index (χ2v) is 6.67. The maximum Gasteiger partial charge on any atom is 0.108 e. The van der Waals surface area contributed by atoms with Crippen molar-refractivity contribution >= 4 is 0 Å². The van der Waals surface area contributed by atoms with Gasteiger partial charge in [0.05, 0.1) is 6.07 Å². The predicted molar refractivity (Wildman–Crippen MR) is 71.7 cm³/mol. The highest BCUT2D eigenvalue weighted by atomic mass is 15.1. The summed E-state index contributed by atoms with van der Waals surface area (Å²) in [5, 5.41) is 12.6. The van der Waals surface area contributed by atoms with E-state index in [1.807, 2.05) is 7.05 Å². The number of rotatable bonds is 3. The first kappa shape index (κ1) is 14.5. The van der Waals surface area contributed by atoms with E-state index in [1.165, 1.54) is 6.42 Å². The number of hydrogen-bond donors (Lipinski definition) is 1. The Morgan fingerprint density at radius 3 is 2.59 bits per heavy atom. The van der Waals surface area contributed by atoms with E-state index in [2.05, 4.69) is 44.1 Å². The molecule has 1 saturated carbocycles. The van der Waals surface area contributed by atoms with Crippen LogP contribution in [0, 0.1) is 16.7 Å². The molecule has 0 radical (unpaired) electrons. The molecule has 1 fully saturated rings. The molecule has 0 bridgehead atoms. The van der Waals surface area contributed by atoms with Gasteiger partial charge >= 0.3 is 0 Å². The van der Waals surface area contributed by atoms with E-state index in [4.69, 9.17) is 0 Å². The second kappa shape index (κ2) is 5.37. The average molecular weight is 237 g/mol. The minimum absolute atomic E-state index is 0.297. The fraction of sp³-hybridized carbons (Fsp3) is 0.929. The molecule has 0 spiro atoms. The van der Waals surface area contributed by atoms with E-state index in [-0.39, 0.29) is 5.54 Å². The van der Waals surface area contributed by atoms with Gasteiger partial charge in [0.1, 0.15) is 5.54 Å². The minimum atomic E-state index is -0.297. The summed E-state index contributed by atoms with van der Waals surface area (Å²) in [6.07, 6.45) is 4.30. The monoisotopic (exact) mass is 237 g/mol. The van der Waals surface area contributed by atoms with Crippen molar-refractivity contribution in [3.8, 4) is 6.07 Å². The van der Waals surface area contributed by atoms with Crippen molar-refractivity contribution in [3.05, 3.63) is 0 Å². The van der Waals surface area contributed by atoms with Gasteiger partial charge in [0.15, 0.2) is 0 Å². The van der Waals surface area contributed by atoms with Crippen LogP contribution in [0.1, 0.15) is 46.5 Å². The second-order valence-electron chi connectivity index (χ2n) is 6.67. The molecule has 2 unspecified atom stereocenters. The molecule has 0 heterocycles. The molecule has 3 nitrogen and oxygen atoms in total. The Bertz CT molecular complexity index is 287. The molecule has 17 heavy (non-hydrogen) atoms. The number of nitrogens with one attached hydrogen (secondary N) is 1. The topological polar surface area (TPSA) is 39.1 Å². The first-order valence-corrected chi connectivity index (χ1v) is 6.62. The SMILES string of the molecule is CNC1(C#N)CCCC(N(C)CC(C)(C)C)C1. The highest BCUT2D eigenvalue weighted by Crippen LogP contribution is 2.31. The lowest BCUT2D eigenvalue weighted by Gasteiger charge is -2.41. The summed E-state index contributed by atoms with van der Waals surface area (Å²) in [6, 6.07) is 3.01. The van der Waals surface area contributed by atoms with Crippen LogP contribution in [0.25, 0.3) is 0 Å². The summed E-state index contributed by atoms with van der Waals surface area (Å²) in [5.41, 5.74) is 0.0240. The van der Waals surface area contributed by atoms with E-state index in [0.29, 0.717) is 11.5 Å². The van der Waals surface area contributed by atoms with Crippen molar-refractivity contribution < 1.29 is 0 Å². The molecule has 0 saturated heterocycles. The van der Waals surface area contributed by atoms with Crippen LogP contribution in [0.3, 0.4) is 0 Å². The van der Waals surface area contributed by atoms with Gasteiger partial charge in [0, 0.05) is 12.6 Å². The predicted octanol–water partition coefficient (Wildman–Crippen LogP) is 2.39. The smallest absolute Gasteiger partial charge is 0.108 e. The zero-order valence-corrected chi connectivity index (χ0v) is 12.0. The summed E-state index contributed by atoms with van der Waals surface area (Å²) in [6.45, 7) is 7.88. The molecule has 1 rings (SSSR count). The standard InChI is InChI=1S/C14H27N3/c1-13(2,3)11-17(5)12-7-6-8-14(9-12,10-15)16-4/h12,16H,6-9,11H2,1-5H3. The third-order valence-electron chi connectivity index (χ3n) is 3.76. The zero-order chi connectivity index (χ0) is 13.1. The van der Waals surface area contributed by atoms with Crippen LogP contribution in [0.2, 0.25) is 0 Å². The van der Waals surface area contributed by atoms with Crippen molar-refractivity contribution in [2.45, 2.75) is 58.0 Å². The highest BCUT2D eigenvalue weighted by molar-refractivity contribution is 5.10. The third kappa shape index (κ3) is 3.97. The fourth-order valence-electron chi connectivity index (χ4n) is 2.88. The Morgan fingerprint density at radius 1 is 1.47 bits per heavy atom. The third-order valence-corrected chi connectivity index (χ3v) is 3.76. The van der Waals surface area contributed by atoms with Crippen LogP contribution in [-0.4, -0.2) is 37.1 Å². The Labute approximate surface area is 106 Å². The normalized spacial score (nSPS) is 30.3. The average Bonchev–Trinajstić information content (AvgIpc) is 2.27. The summed E-state index contributed by atoms with van der Waals surface area (Å²) in [5.74, 6) is 0. The molecule has 0 aliphatic heterocycles.